The summed E-state index contributed by atoms with van der Waals surface area (Å²) in [6, 6.07) is -1.77. The molecule has 0 fully saturated rings. The second kappa shape index (κ2) is 9.60. The number of aliphatic imine (C=N–C) groups is 1. The van der Waals surface area contributed by atoms with E-state index in [9.17, 15) is 26.3 Å². The van der Waals surface area contributed by atoms with E-state index in [0.717, 1.165) is 15.7 Å². The fraction of sp³-hybridized carbons (Fsp3) is 0.417. The van der Waals surface area contributed by atoms with Crippen molar-refractivity contribution in [1.29, 1.82) is 0 Å². The summed E-state index contributed by atoms with van der Waals surface area (Å²) in [4.78, 5) is 5.47. The van der Waals surface area contributed by atoms with E-state index in [0.29, 0.717) is 0 Å². The fourth-order valence-corrected chi connectivity index (χ4v) is 4.80. The second-order valence-corrected chi connectivity index (χ2v) is 10.6. The molecule has 2 aromatic carbocycles. The van der Waals surface area contributed by atoms with Crippen LogP contribution in [0.5, 0.6) is 0 Å². The quantitative estimate of drug-likeness (QED) is 0.224. The van der Waals surface area contributed by atoms with Gasteiger partial charge in [0.2, 0.25) is 0 Å². The van der Waals surface area contributed by atoms with Crippen molar-refractivity contribution in [3.63, 3.8) is 0 Å². The van der Waals surface area contributed by atoms with Crippen molar-refractivity contribution in [1.82, 2.24) is 4.90 Å². The summed E-state index contributed by atoms with van der Waals surface area (Å²) in [5.41, 5.74) is -5.47. The Kier molecular flexibility index (Phi) is 7.45. The number of rotatable bonds is 4. The molecule has 0 saturated heterocycles. The van der Waals surface area contributed by atoms with Gasteiger partial charge in [-0.3, -0.25) is 9.89 Å². The van der Waals surface area contributed by atoms with Gasteiger partial charge in [0.05, 0.1) is 17.3 Å². The zero-order chi connectivity index (χ0) is 29.2. The molecule has 0 aliphatic carbocycles. The zero-order valence-electron chi connectivity index (χ0n) is 21.4. The highest BCUT2D eigenvalue weighted by molar-refractivity contribution is 7.19. The van der Waals surface area contributed by atoms with Gasteiger partial charge in [0, 0.05) is 6.04 Å². The first-order valence-corrected chi connectivity index (χ1v) is 11.5. The van der Waals surface area contributed by atoms with Crippen molar-refractivity contribution >= 4 is 29.3 Å². The minimum absolute atomic E-state index is 0.660. The molecule has 2 aromatic rings. The average Bonchev–Trinajstić information content (AvgIpc) is 3.13. The van der Waals surface area contributed by atoms with Crippen LogP contribution in [0.15, 0.2) is 4.99 Å². The third-order valence-electron chi connectivity index (χ3n) is 6.27. The van der Waals surface area contributed by atoms with E-state index in [1.807, 2.05) is 0 Å². The normalized spacial score (nSPS) is 16.9. The molecule has 3 nitrogen and oxygen atoms in total. The van der Waals surface area contributed by atoms with Gasteiger partial charge < -0.3 is 4.49 Å². The first-order chi connectivity index (χ1) is 17.3. The van der Waals surface area contributed by atoms with E-state index >= 15 is 17.6 Å². The lowest BCUT2D eigenvalue weighted by Crippen LogP contribution is -2.76. The highest BCUT2D eigenvalue weighted by Gasteiger charge is 2.59. The van der Waals surface area contributed by atoms with Gasteiger partial charge in [-0.1, -0.05) is 10.9 Å². The molecular formula is C24H24BF10N3. The summed E-state index contributed by atoms with van der Waals surface area (Å²) in [6.45, 7) is 10.1. The van der Waals surface area contributed by atoms with Crippen LogP contribution >= 0.6 is 0 Å². The molecule has 1 aliphatic heterocycles. The number of amidine groups is 1. The van der Waals surface area contributed by atoms with E-state index in [1.165, 1.54) is 48.5 Å². The predicted molar refractivity (Wildman–Crippen MR) is 123 cm³/mol. The van der Waals surface area contributed by atoms with Crippen LogP contribution in [0.1, 0.15) is 48.5 Å². The van der Waals surface area contributed by atoms with Crippen LogP contribution in [0.2, 0.25) is 0 Å². The zero-order valence-corrected chi connectivity index (χ0v) is 21.4. The van der Waals surface area contributed by atoms with Crippen LogP contribution in [-0.4, -0.2) is 45.4 Å². The van der Waals surface area contributed by atoms with Crippen molar-refractivity contribution in [2.75, 3.05) is 0 Å². The summed E-state index contributed by atoms with van der Waals surface area (Å²) in [5, 5.41) is 0. The van der Waals surface area contributed by atoms with Crippen molar-refractivity contribution in [2.45, 2.75) is 66.1 Å². The third-order valence-corrected chi connectivity index (χ3v) is 6.27. The number of hydrogen-bond donors (Lipinski definition) is 0. The topological polar surface area (TPSA) is 18.6 Å². The molecule has 3 rings (SSSR count). The van der Waals surface area contributed by atoms with Crippen LogP contribution in [0.4, 0.5) is 43.9 Å². The number of hydrogen-bond acceptors (Lipinski definition) is 1. The number of halogens is 10. The third kappa shape index (κ3) is 4.16. The monoisotopic (exact) mass is 555 g/mol. The van der Waals surface area contributed by atoms with E-state index in [2.05, 4.69) is 4.99 Å². The van der Waals surface area contributed by atoms with Crippen molar-refractivity contribution in [3.05, 3.63) is 58.2 Å². The highest BCUT2D eigenvalue weighted by Crippen LogP contribution is 2.31. The van der Waals surface area contributed by atoms with Gasteiger partial charge in [0.1, 0.15) is 23.3 Å². The summed E-state index contributed by atoms with van der Waals surface area (Å²) in [6.07, 6.45) is -3.30. The maximum Gasteiger partial charge on any atom is 0.337 e. The Morgan fingerprint density at radius 3 is 1.21 bits per heavy atom. The van der Waals surface area contributed by atoms with Gasteiger partial charge in [0.15, 0.2) is 41.2 Å². The summed E-state index contributed by atoms with van der Waals surface area (Å²) in [5.74, 6) is -25.0. The molecule has 1 heterocycles. The first kappa shape index (κ1) is 29.5. The predicted octanol–water partition coefficient (Wildman–Crippen LogP) is 5.05. The number of nitrogens with zero attached hydrogens (tertiary/aromatic N) is 3. The van der Waals surface area contributed by atoms with Gasteiger partial charge in [-0.2, -0.15) is 0 Å². The largest absolute Gasteiger partial charge is 0.446 e. The molecule has 0 saturated carbocycles. The Hall–Kier alpha value is -3.06. The molecule has 0 spiro atoms. The minimum atomic E-state index is -4.37. The van der Waals surface area contributed by atoms with Crippen molar-refractivity contribution in [2.24, 2.45) is 4.99 Å². The molecule has 0 unspecified atom stereocenters. The molecular weight excluding hydrogens is 531 g/mol. The average molecular weight is 555 g/mol. The Labute approximate surface area is 212 Å². The fourth-order valence-electron chi connectivity index (χ4n) is 4.80. The summed E-state index contributed by atoms with van der Waals surface area (Å²) in [7, 11) is 0. The van der Waals surface area contributed by atoms with Crippen LogP contribution in [0.3, 0.4) is 0 Å². The second-order valence-electron chi connectivity index (χ2n) is 10.6. The lowest BCUT2D eigenvalue weighted by Gasteiger charge is -2.41. The molecule has 0 radical (unpaired) electrons. The Balaban J connectivity index is 2.84. The first-order valence-electron chi connectivity index (χ1n) is 11.5. The molecule has 14 heteroatoms. The Morgan fingerprint density at radius 2 is 0.947 bits per heavy atom. The maximum absolute atomic E-state index is 15.6. The Bertz CT molecular complexity index is 1250. The molecule has 38 heavy (non-hydrogen) atoms. The Morgan fingerprint density at radius 1 is 0.632 bits per heavy atom. The molecule has 0 aromatic heterocycles. The molecule has 0 atom stereocenters. The molecule has 1 aliphatic rings. The molecule has 0 N–H and O–H groups in total. The van der Waals surface area contributed by atoms with Gasteiger partial charge in [-0.05, 0) is 48.5 Å². The smallest absolute Gasteiger partial charge is 0.337 e. The van der Waals surface area contributed by atoms with Gasteiger partial charge >= 0.3 is 6.28 Å². The lowest BCUT2D eigenvalue weighted by atomic mass is 9.25. The minimum Gasteiger partial charge on any atom is -0.446 e. The van der Waals surface area contributed by atoms with Crippen molar-refractivity contribution in [3.8, 4) is 0 Å². The van der Waals surface area contributed by atoms with Crippen LogP contribution in [0, 0.1) is 58.2 Å². The summed E-state index contributed by atoms with van der Waals surface area (Å²) >= 11 is 0. The lowest BCUT2D eigenvalue weighted by molar-refractivity contribution is -0.424. The van der Waals surface area contributed by atoms with Gasteiger partial charge in [-0.15, -0.1) is 0 Å². The molecule has 0 bridgehead atoms. The standard InChI is InChI=1S/C24H24BF10N3/c1-9(2)37-8-38(10(3)4)25(23(37)36-24(5,6)7,11-13(26)17(30)21(34)18(31)14(11)27)12-15(28)19(32)22(35)20(33)16(12)29/h8-10H,1-7H3. The number of benzene rings is 2. The van der Waals surface area contributed by atoms with Crippen LogP contribution < -0.4 is 10.9 Å². The molecule has 208 valence electrons. The molecule has 0 amide bonds. The van der Waals surface area contributed by atoms with E-state index in [4.69, 9.17) is 0 Å². The van der Waals surface area contributed by atoms with E-state index < -0.39 is 98.7 Å². The van der Waals surface area contributed by atoms with E-state index in [1.54, 1.807) is 0 Å². The van der Waals surface area contributed by atoms with Gasteiger partial charge in [-0.25, -0.2) is 43.9 Å². The SMILES string of the molecule is CC(C)N1C=[N+](C(C)C)[B-](c2c(F)c(F)c(F)c(F)c2F)(c2c(F)c(F)c(F)c(F)c2F)C1=NC(C)(C)C. The highest BCUT2D eigenvalue weighted by atomic mass is 19.2. The van der Waals surface area contributed by atoms with Gasteiger partial charge in [0.25, 0.3) is 0 Å². The van der Waals surface area contributed by atoms with Crippen molar-refractivity contribution < 1.29 is 48.4 Å². The maximum atomic E-state index is 15.6. The van der Waals surface area contributed by atoms with Crippen LogP contribution in [0.25, 0.3) is 0 Å². The van der Waals surface area contributed by atoms with Crippen LogP contribution in [-0.2, 0) is 0 Å². The summed E-state index contributed by atoms with van der Waals surface area (Å²) < 4.78 is 150. The van der Waals surface area contributed by atoms with E-state index in [-0.39, 0.29) is 0 Å².